The van der Waals surface area contributed by atoms with Gasteiger partial charge >= 0.3 is 0 Å². The van der Waals surface area contributed by atoms with E-state index in [-0.39, 0.29) is 0 Å². The molecule has 0 amide bonds. The Hall–Kier alpha value is -2.84. The first kappa shape index (κ1) is 18.2. The van der Waals surface area contributed by atoms with Gasteiger partial charge in [0.15, 0.2) is 0 Å². The molecule has 1 fully saturated rings. The van der Waals surface area contributed by atoms with Crippen molar-refractivity contribution in [3.8, 4) is 5.69 Å². The molecule has 4 heterocycles. The summed E-state index contributed by atoms with van der Waals surface area (Å²) in [4.78, 5) is 18.3. The van der Waals surface area contributed by atoms with Gasteiger partial charge in [-0.3, -0.25) is 4.90 Å². The summed E-state index contributed by atoms with van der Waals surface area (Å²) in [7, 11) is 0. The Balaban J connectivity index is 1.18. The van der Waals surface area contributed by atoms with Gasteiger partial charge in [0.2, 0.25) is 5.95 Å². The molecule has 0 aliphatic carbocycles. The third kappa shape index (κ3) is 3.86. The maximum Gasteiger partial charge on any atom is 0.225 e. The maximum absolute atomic E-state index is 4.55. The van der Waals surface area contributed by atoms with Crippen LogP contribution < -0.4 is 4.90 Å². The van der Waals surface area contributed by atoms with Crippen LogP contribution in [0, 0.1) is 0 Å². The Labute approximate surface area is 173 Å². The highest BCUT2D eigenvalue weighted by Gasteiger charge is 2.21. The zero-order chi connectivity index (χ0) is 19.6. The Kier molecular flexibility index (Phi) is 4.95. The molecule has 3 aromatic heterocycles. The molecule has 1 aliphatic heterocycles. The molecule has 5 rings (SSSR count). The van der Waals surface area contributed by atoms with Gasteiger partial charge in [0.1, 0.15) is 5.69 Å². The van der Waals surface area contributed by atoms with Crippen molar-refractivity contribution in [1.82, 2.24) is 29.6 Å². The van der Waals surface area contributed by atoms with Gasteiger partial charge in [0.05, 0.1) is 28.1 Å². The minimum absolute atomic E-state index is 0.484. The van der Waals surface area contributed by atoms with Gasteiger partial charge in [-0.25, -0.2) is 19.6 Å². The van der Waals surface area contributed by atoms with Gasteiger partial charge in [-0.1, -0.05) is 13.0 Å². The first-order valence-electron chi connectivity index (χ1n) is 9.89. The number of fused-ring (bicyclic) bond motifs is 1. The topological polar surface area (TPSA) is 63.0 Å². The second-order valence-corrected chi connectivity index (χ2v) is 8.35. The van der Waals surface area contributed by atoms with E-state index in [0.29, 0.717) is 5.92 Å². The summed E-state index contributed by atoms with van der Waals surface area (Å²) in [6, 6.07) is 8.57. The SMILES string of the molecule is CC(CN1CCN(c2ncc(-n3cccn3)cn2)CC1)c1ccc2scnc2c1. The number of hydrogen-bond acceptors (Lipinski definition) is 7. The number of anilines is 1. The van der Waals surface area contributed by atoms with E-state index in [2.05, 4.69) is 55.0 Å². The molecular weight excluding hydrogens is 382 g/mol. The average Bonchev–Trinajstić information content (AvgIpc) is 3.46. The second-order valence-electron chi connectivity index (χ2n) is 7.46. The summed E-state index contributed by atoms with van der Waals surface area (Å²) in [5, 5.41) is 4.22. The van der Waals surface area contributed by atoms with Crippen molar-refractivity contribution in [3.05, 3.63) is 60.1 Å². The lowest BCUT2D eigenvalue weighted by Crippen LogP contribution is -2.47. The van der Waals surface area contributed by atoms with Crippen LogP contribution in [0.2, 0.25) is 0 Å². The maximum atomic E-state index is 4.55. The molecule has 1 aliphatic rings. The van der Waals surface area contributed by atoms with E-state index in [1.54, 1.807) is 22.2 Å². The molecule has 0 spiro atoms. The lowest BCUT2D eigenvalue weighted by Gasteiger charge is -2.36. The van der Waals surface area contributed by atoms with Crippen LogP contribution in [0.4, 0.5) is 5.95 Å². The fourth-order valence-corrected chi connectivity index (χ4v) is 4.48. The van der Waals surface area contributed by atoms with E-state index in [1.165, 1.54) is 10.3 Å². The molecule has 1 aromatic carbocycles. The number of hydrogen-bond donors (Lipinski definition) is 0. The lowest BCUT2D eigenvalue weighted by molar-refractivity contribution is 0.245. The third-order valence-electron chi connectivity index (χ3n) is 5.50. The van der Waals surface area contributed by atoms with E-state index in [0.717, 1.165) is 49.9 Å². The second kappa shape index (κ2) is 7.88. The molecule has 8 heteroatoms. The molecule has 1 saturated heterocycles. The van der Waals surface area contributed by atoms with Crippen molar-refractivity contribution in [2.45, 2.75) is 12.8 Å². The van der Waals surface area contributed by atoms with Gasteiger partial charge < -0.3 is 4.90 Å². The Bertz CT molecular complexity index is 1070. The Morgan fingerprint density at radius 3 is 2.66 bits per heavy atom. The first-order valence-corrected chi connectivity index (χ1v) is 10.8. The van der Waals surface area contributed by atoms with E-state index >= 15 is 0 Å². The number of nitrogens with zero attached hydrogens (tertiary/aromatic N) is 7. The third-order valence-corrected chi connectivity index (χ3v) is 6.31. The monoisotopic (exact) mass is 405 g/mol. The largest absolute Gasteiger partial charge is 0.338 e. The van der Waals surface area contributed by atoms with Crippen molar-refractivity contribution >= 4 is 27.5 Å². The highest BCUT2D eigenvalue weighted by Crippen LogP contribution is 2.24. The normalized spacial score (nSPS) is 16.4. The summed E-state index contributed by atoms with van der Waals surface area (Å²) in [6.07, 6.45) is 7.31. The zero-order valence-corrected chi connectivity index (χ0v) is 17.2. The molecule has 0 bridgehead atoms. The molecule has 0 N–H and O–H groups in total. The highest BCUT2D eigenvalue weighted by molar-refractivity contribution is 7.16. The smallest absolute Gasteiger partial charge is 0.225 e. The number of benzene rings is 1. The summed E-state index contributed by atoms with van der Waals surface area (Å²) in [6.45, 7) is 7.29. The van der Waals surface area contributed by atoms with Gasteiger partial charge in [-0.15, -0.1) is 11.3 Å². The number of aromatic nitrogens is 5. The molecule has 0 saturated carbocycles. The Morgan fingerprint density at radius 1 is 1.07 bits per heavy atom. The fourth-order valence-electron chi connectivity index (χ4n) is 3.82. The molecule has 4 aromatic rings. The van der Waals surface area contributed by atoms with E-state index < -0.39 is 0 Å². The van der Waals surface area contributed by atoms with E-state index in [9.17, 15) is 0 Å². The molecule has 0 radical (unpaired) electrons. The summed E-state index contributed by atoms with van der Waals surface area (Å²) in [5.74, 6) is 1.28. The first-order chi connectivity index (χ1) is 14.3. The van der Waals surface area contributed by atoms with Gasteiger partial charge in [0, 0.05) is 45.1 Å². The van der Waals surface area contributed by atoms with Crippen LogP contribution >= 0.6 is 11.3 Å². The van der Waals surface area contributed by atoms with Crippen molar-refractivity contribution in [2.24, 2.45) is 0 Å². The minimum atomic E-state index is 0.484. The molecule has 148 valence electrons. The van der Waals surface area contributed by atoms with Crippen molar-refractivity contribution in [3.63, 3.8) is 0 Å². The average molecular weight is 406 g/mol. The van der Waals surface area contributed by atoms with Crippen molar-refractivity contribution in [2.75, 3.05) is 37.6 Å². The molecule has 7 nitrogen and oxygen atoms in total. The van der Waals surface area contributed by atoms with Crippen molar-refractivity contribution < 1.29 is 0 Å². The number of thiazole rings is 1. The van der Waals surface area contributed by atoms with Crippen LogP contribution in [0.15, 0.2) is 54.6 Å². The van der Waals surface area contributed by atoms with Crippen LogP contribution in [-0.2, 0) is 0 Å². The fraction of sp³-hybridized carbons (Fsp3) is 0.333. The Morgan fingerprint density at radius 2 is 1.90 bits per heavy atom. The van der Waals surface area contributed by atoms with Crippen molar-refractivity contribution in [1.29, 1.82) is 0 Å². The minimum Gasteiger partial charge on any atom is -0.338 e. The molecular formula is C21H23N7S. The highest BCUT2D eigenvalue weighted by atomic mass is 32.1. The van der Waals surface area contributed by atoms with Crippen LogP contribution in [-0.4, -0.2) is 62.4 Å². The van der Waals surface area contributed by atoms with Gasteiger partial charge in [-0.2, -0.15) is 5.10 Å². The van der Waals surface area contributed by atoms with E-state index in [4.69, 9.17) is 0 Å². The lowest BCUT2D eigenvalue weighted by atomic mass is 10.00. The van der Waals surface area contributed by atoms with Crippen LogP contribution in [0.5, 0.6) is 0 Å². The van der Waals surface area contributed by atoms with Crippen LogP contribution in [0.25, 0.3) is 15.9 Å². The zero-order valence-electron chi connectivity index (χ0n) is 16.3. The predicted octanol–water partition coefficient (Wildman–Crippen LogP) is 3.20. The van der Waals surface area contributed by atoms with Crippen LogP contribution in [0.1, 0.15) is 18.4 Å². The molecule has 29 heavy (non-hydrogen) atoms. The quantitative estimate of drug-likeness (QED) is 0.508. The van der Waals surface area contributed by atoms with Gasteiger partial charge in [-0.05, 0) is 29.7 Å². The summed E-state index contributed by atoms with van der Waals surface area (Å²) < 4.78 is 3.03. The van der Waals surface area contributed by atoms with Gasteiger partial charge in [0.25, 0.3) is 0 Å². The van der Waals surface area contributed by atoms with Crippen LogP contribution in [0.3, 0.4) is 0 Å². The standard InChI is InChI=1S/C21H23N7S/c1-16(17-3-4-20-19(11-17)24-15-29-20)14-26-7-9-27(10-8-26)21-22-12-18(13-23-21)28-6-2-5-25-28/h2-6,11-13,15-16H,7-10,14H2,1H3. The molecule has 1 atom stereocenters. The predicted molar refractivity (Wildman–Crippen MR) is 116 cm³/mol. The summed E-state index contributed by atoms with van der Waals surface area (Å²) in [5.41, 5.74) is 5.27. The number of rotatable bonds is 5. The van der Waals surface area contributed by atoms with E-state index in [1.807, 2.05) is 30.2 Å². The molecule has 1 unspecified atom stereocenters. The number of piperazine rings is 1. The summed E-state index contributed by atoms with van der Waals surface area (Å²) >= 11 is 1.70.